The van der Waals surface area contributed by atoms with Crippen LogP contribution in [0.25, 0.3) is 0 Å². The predicted octanol–water partition coefficient (Wildman–Crippen LogP) is 2.96. The van der Waals surface area contributed by atoms with Gasteiger partial charge in [-0.05, 0) is 16.7 Å². The van der Waals surface area contributed by atoms with E-state index >= 15 is 0 Å². The number of nitriles is 1. The zero-order valence-corrected chi connectivity index (χ0v) is 18.7. The number of nitrogens with zero attached hydrogens (tertiary/aromatic N) is 2. The predicted molar refractivity (Wildman–Crippen MR) is 119 cm³/mol. The van der Waals surface area contributed by atoms with Crippen LogP contribution in [0.2, 0.25) is 0 Å². The second-order valence-electron chi connectivity index (χ2n) is 8.01. The van der Waals surface area contributed by atoms with E-state index in [1.165, 1.54) is 12.0 Å². The molecule has 1 aliphatic rings. The molecule has 2 aromatic rings. The van der Waals surface area contributed by atoms with Crippen molar-refractivity contribution < 1.29 is 23.9 Å². The van der Waals surface area contributed by atoms with Crippen molar-refractivity contribution in [3.8, 4) is 6.07 Å². The molecule has 2 aromatic carbocycles. The maximum absolute atomic E-state index is 13.3. The summed E-state index contributed by atoms with van der Waals surface area (Å²) in [5.41, 5.74) is 2.71. The van der Waals surface area contributed by atoms with E-state index in [9.17, 15) is 14.4 Å². The van der Waals surface area contributed by atoms with Crippen molar-refractivity contribution >= 4 is 18.0 Å². The van der Waals surface area contributed by atoms with Crippen molar-refractivity contribution in [2.75, 3.05) is 7.11 Å². The number of hydrogen-bond acceptors (Lipinski definition) is 6. The lowest BCUT2D eigenvalue weighted by Gasteiger charge is -2.36. The number of carbonyl (C=O) groups is 3. The third-order valence-electron chi connectivity index (χ3n) is 5.73. The van der Waals surface area contributed by atoms with Gasteiger partial charge in [0.1, 0.15) is 18.7 Å². The minimum atomic E-state index is -0.999. The average Bonchev–Trinajstić information content (AvgIpc) is 2.85. The van der Waals surface area contributed by atoms with E-state index in [1.807, 2.05) is 60.7 Å². The third-order valence-corrected chi connectivity index (χ3v) is 5.73. The summed E-state index contributed by atoms with van der Waals surface area (Å²) in [4.78, 5) is 39.9. The van der Waals surface area contributed by atoms with Crippen molar-refractivity contribution in [1.29, 1.82) is 5.26 Å². The van der Waals surface area contributed by atoms with Gasteiger partial charge in [-0.25, -0.2) is 9.59 Å². The molecule has 0 aliphatic carbocycles. The van der Waals surface area contributed by atoms with Crippen molar-refractivity contribution in [2.24, 2.45) is 5.92 Å². The number of fused-ring (bicyclic) bond motifs is 1. The molecule has 0 unspecified atom stereocenters. The Hall–Kier alpha value is -3.86. The molecule has 172 valence electrons. The summed E-state index contributed by atoms with van der Waals surface area (Å²) in [7, 11) is 1.23. The summed E-state index contributed by atoms with van der Waals surface area (Å²) < 4.78 is 10.3. The SMILES string of the molecule is COC(=O)[C@H](NC(=O)[C@@H]1Cc2ccccc2CN1C(=O)OCc1ccccc1)[C@@H](C)CC#N. The Morgan fingerprint density at radius 2 is 1.79 bits per heavy atom. The molecule has 0 aromatic heterocycles. The summed E-state index contributed by atoms with van der Waals surface area (Å²) >= 11 is 0. The fourth-order valence-electron chi connectivity index (χ4n) is 3.82. The number of amides is 2. The molecular formula is C25H27N3O5. The molecular weight excluding hydrogens is 422 g/mol. The van der Waals surface area contributed by atoms with Crippen molar-refractivity contribution in [3.05, 3.63) is 71.3 Å². The second kappa shape index (κ2) is 11.1. The molecule has 2 amide bonds. The molecule has 1 aliphatic heterocycles. The Morgan fingerprint density at radius 3 is 2.45 bits per heavy atom. The molecule has 0 spiro atoms. The van der Waals surface area contributed by atoms with Crippen molar-refractivity contribution in [2.45, 2.75) is 45.0 Å². The maximum atomic E-state index is 13.3. The van der Waals surface area contributed by atoms with E-state index in [0.29, 0.717) is 0 Å². The van der Waals surface area contributed by atoms with Crippen LogP contribution in [0.15, 0.2) is 54.6 Å². The molecule has 33 heavy (non-hydrogen) atoms. The van der Waals surface area contributed by atoms with Gasteiger partial charge in [0.15, 0.2) is 0 Å². The first-order valence-electron chi connectivity index (χ1n) is 10.7. The fraction of sp³-hybridized carbons (Fsp3) is 0.360. The topological polar surface area (TPSA) is 109 Å². The quantitative estimate of drug-likeness (QED) is 0.651. The highest BCUT2D eigenvalue weighted by Crippen LogP contribution is 2.25. The smallest absolute Gasteiger partial charge is 0.411 e. The summed E-state index contributed by atoms with van der Waals surface area (Å²) in [5, 5.41) is 11.7. The van der Waals surface area contributed by atoms with Crippen LogP contribution >= 0.6 is 0 Å². The van der Waals surface area contributed by atoms with Gasteiger partial charge < -0.3 is 14.8 Å². The first-order valence-corrected chi connectivity index (χ1v) is 10.7. The molecule has 8 heteroatoms. The molecule has 1 N–H and O–H groups in total. The number of methoxy groups -OCH3 is 1. The van der Waals surface area contributed by atoms with E-state index in [1.54, 1.807) is 6.92 Å². The van der Waals surface area contributed by atoms with Crippen LogP contribution in [-0.4, -0.2) is 42.1 Å². The van der Waals surface area contributed by atoms with Crippen LogP contribution < -0.4 is 5.32 Å². The second-order valence-corrected chi connectivity index (χ2v) is 8.01. The lowest BCUT2D eigenvalue weighted by atomic mass is 9.92. The van der Waals surface area contributed by atoms with Crippen LogP contribution in [-0.2, 0) is 38.6 Å². The number of nitrogens with one attached hydrogen (secondary N) is 1. The minimum absolute atomic E-state index is 0.0659. The van der Waals surface area contributed by atoms with Gasteiger partial charge in [0.05, 0.1) is 19.7 Å². The highest BCUT2D eigenvalue weighted by atomic mass is 16.6. The monoisotopic (exact) mass is 449 g/mol. The number of ether oxygens (including phenoxy) is 2. The van der Waals surface area contributed by atoms with Crippen LogP contribution in [0.3, 0.4) is 0 Å². The standard InChI is InChI=1S/C25H27N3O5/c1-17(12-13-26)22(24(30)32-2)27-23(29)21-14-19-10-6-7-11-20(19)15-28(21)25(31)33-16-18-8-4-3-5-9-18/h3-11,17,21-22H,12,14-16H2,1-2H3,(H,27,29)/t17-,21-,22+/m0/s1. The van der Waals surface area contributed by atoms with Crippen molar-refractivity contribution in [3.63, 3.8) is 0 Å². The van der Waals surface area contributed by atoms with Crippen LogP contribution in [0.5, 0.6) is 0 Å². The first-order chi connectivity index (χ1) is 15.9. The molecule has 3 rings (SSSR count). The van der Waals surface area contributed by atoms with E-state index in [4.69, 9.17) is 14.7 Å². The van der Waals surface area contributed by atoms with Gasteiger partial charge in [0, 0.05) is 18.8 Å². The lowest BCUT2D eigenvalue weighted by Crippen LogP contribution is -2.56. The summed E-state index contributed by atoms with van der Waals surface area (Å²) in [6, 6.07) is 17.0. The van der Waals surface area contributed by atoms with E-state index in [2.05, 4.69) is 5.32 Å². The highest BCUT2D eigenvalue weighted by molar-refractivity contribution is 5.90. The van der Waals surface area contributed by atoms with Crippen LogP contribution in [0, 0.1) is 17.2 Å². The summed E-state index contributed by atoms with van der Waals surface area (Å²) in [6.07, 6.45) is -0.271. The average molecular weight is 450 g/mol. The molecule has 0 radical (unpaired) electrons. The van der Waals surface area contributed by atoms with Crippen LogP contribution in [0.1, 0.15) is 30.0 Å². The molecule has 0 fully saturated rings. The Morgan fingerprint density at radius 1 is 1.12 bits per heavy atom. The van der Waals surface area contributed by atoms with E-state index < -0.39 is 36.0 Å². The van der Waals surface area contributed by atoms with Crippen LogP contribution in [0.4, 0.5) is 4.79 Å². The third kappa shape index (κ3) is 5.89. The minimum Gasteiger partial charge on any atom is -0.467 e. The summed E-state index contributed by atoms with van der Waals surface area (Å²) in [5.74, 6) is -1.59. The van der Waals surface area contributed by atoms with Gasteiger partial charge in [-0.3, -0.25) is 9.69 Å². The van der Waals surface area contributed by atoms with Gasteiger partial charge >= 0.3 is 12.1 Å². The molecule has 0 bridgehead atoms. The first kappa shape index (κ1) is 23.8. The molecule has 0 saturated carbocycles. The Balaban J connectivity index is 1.80. The molecule has 3 atom stereocenters. The lowest BCUT2D eigenvalue weighted by molar-refractivity contribution is -0.147. The number of benzene rings is 2. The van der Waals surface area contributed by atoms with Gasteiger partial charge in [-0.1, -0.05) is 61.5 Å². The Kier molecular flexibility index (Phi) is 8.03. The number of esters is 1. The highest BCUT2D eigenvalue weighted by Gasteiger charge is 2.38. The summed E-state index contributed by atoms with van der Waals surface area (Å²) in [6.45, 7) is 1.97. The molecule has 0 saturated heterocycles. The Labute approximate surface area is 193 Å². The number of hydrogen-bond donors (Lipinski definition) is 1. The van der Waals surface area contributed by atoms with Crippen molar-refractivity contribution in [1.82, 2.24) is 10.2 Å². The maximum Gasteiger partial charge on any atom is 0.411 e. The number of rotatable bonds is 7. The van der Waals surface area contributed by atoms with E-state index in [-0.39, 0.29) is 26.0 Å². The fourth-order valence-corrected chi connectivity index (χ4v) is 3.82. The normalized spacial score (nSPS) is 16.5. The van der Waals surface area contributed by atoms with Gasteiger partial charge in [0.2, 0.25) is 5.91 Å². The molecule has 8 nitrogen and oxygen atoms in total. The molecule has 1 heterocycles. The van der Waals surface area contributed by atoms with Gasteiger partial charge in [-0.15, -0.1) is 0 Å². The largest absolute Gasteiger partial charge is 0.467 e. The number of carbonyl (C=O) groups excluding carboxylic acids is 3. The zero-order valence-electron chi connectivity index (χ0n) is 18.7. The van der Waals surface area contributed by atoms with Gasteiger partial charge in [-0.2, -0.15) is 5.26 Å². The zero-order chi connectivity index (χ0) is 23.8. The van der Waals surface area contributed by atoms with Gasteiger partial charge in [0.25, 0.3) is 0 Å². The van der Waals surface area contributed by atoms with E-state index in [0.717, 1.165) is 16.7 Å². The Bertz CT molecular complexity index is 1030.